The fourth-order valence-corrected chi connectivity index (χ4v) is 3.73. The molecule has 1 aliphatic heterocycles. The van der Waals surface area contributed by atoms with Gasteiger partial charge in [0.25, 0.3) is 0 Å². The van der Waals surface area contributed by atoms with Crippen LogP contribution in [0.15, 0.2) is 54.6 Å². The normalized spacial score (nSPS) is 15.9. The summed E-state index contributed by atoms with van der Waals surface area (Å²) in [4.78, 5) is 17.6. The van der Waals surface area contributed by atoms with Crippen molar-refractivity contribution in [3.63, 3.8) is 0 Å². The average molecular weight is 336 g/mol. The highest BCUT2D eigenvalue weighted by Crippen LogP contribution is 2.34. The number of rotatable bonds is 7. The summed E-state index contributed by atoms with van der Waals surface area (Å²) in [7, 11) is 0. The van der Waals surface area contributed by atoms with E-state index in [9.17, 15) is 4.79 Å². The summed E-state index contributed by atoms with van der Waals surface area (Å²) in [5.41, 5.74) is 3.73. The van der Waals surface area contributed by atoms with Crippen LogP contribution in [0.25, 0.3) is 0 Å². The van der Waals surface area contributed by atoms with Gasteiger partial charge >= 0.3 is 0 Å². The summed E-state index contributed by atoms with van der Waals surface area (Å²) >= 11 is 0. The minimum atomic E-state index is -0.0873. The van der Waals surface area contributed by atoms with Crippen molar-refractivity contribution in [2.75, 3.05) is 18.0 Å². The lowest BCUT2D eigenvalue weighted by Crippen LogP contribution is -2.47. The van der Waals surface area contributed by atoms with Crippen molar-refractivity contribution in [2.45, 2.75) is 45.7 Å². The number of hydrogen-bond acceptors (Lipinski definition) is 2. The molecule has 0 N–H and O–H groups in total. The smallest absolute Gasteiger partial charge is 0.245 e. The van der Waals surface area contributed by atoms with Gasteiger partial charge in [-0.05, 0) is 30.0 Å². The fraction of sp³-hybridized carbons (Fsp3) is 0.409. The average Bonchev–Trinajstić information content (AvgIpc) is 3.00. The van der Waals surface area contributed by atoms with Gasteiger partial charge in [0.05, 0.1) is 0 Å². The second-order valence-corrected chi connectivity index (χ2v) is 6.79. The first-order valence-corrected chi connectivity index (χ1v) is 9.41. The van der Waals surface area contributed by atoms with E-state index < -0.39 is 0 Å². The lowest BCUT2D eigenvalue weighted by atomic mass is 10.1. The topological polar surface area (TPSA) is 23.6 Å². The number of amides is 1. The second-order valence-electron chi connectivity index (χ2n) is 6.79. The summed E-state index contributed by atoms with van der Waals surface area (Å²) in [5.74, 6) is 0.274. The maximum Gasteiger partial charge on any atom is 0.245 e. The van der Waals surface area contributed by atoms with Crippen LogP contribution in [0.3, 0.4) is 0 Å². The molecule has 0 saturated carbocycles. The van der Waals surface area contributed by atoms with E-state index >= 15 is 0 Å². The first-order valence-electron chi connectivity index (χ1n) is 9.41. The van der Waals surface area contributed by atoms with Gasteiger partial charge in [-0.15, -0.1) is 0 Å². The van der Waals surface area contributed by atoms with Gasteiger partial charge in [-0.25, -0.2) is 0 Å². The Morgan fingerprint density at radius 3 is 2.32 bits per heavy atom. The third-order valence-corrected chi connectivity index (χ3v) is 4.87. The summed E-state index contributed by atoms with van der Waals surface area (Å²) in [5, 5.41) is 0. The Labute approximate surface area is 151 Å². The van der Waals surface area contributed by atoms with Crippen LogP contribution >= 0.6 is 0 Å². The van der Waals surface area contributed by atoms with E-state index in [-0.39, 0.29) is 11.9 Å². The van der Waals surface area contributed by atoms with Gasteiger partial charge in [-0.1, -0.05) is 62.4 Å². The van der Waals surface area contributed by atoms with E-state index in [1.807, 2.05) is 6.07 Å². The van der Waals surface area contributed by atoms with Gasteiger partial charge < -0.3 is 9.80 Å². The van der Waals surface area contributed by atoms with Crippen LogP contribution in [0.1, 0.15) is 37.8 Å². The maximum atomic E-state index is 13.3. The second kappa shape index (κ2) is 8.19. The van der Waals surface area contributed by atoms with Crippen molar-refractivity contribution < 1.29 is 4.79 Å². The molecule has 132 valence electrons. The lowest BCUT2D eigenvalue weighted by molar-refractivity contribution is -0.132. The van der Waals surface area contributed by atoms with Gasteiger partial charge in [0, 0.05) is 31.7 Å². The Balaban J connectivity index is 1.87. The molecule has 1 atom stereocenters. The number of nitrogens with zero attached hydrogens (tertiary/aromatic N) is 2. The third kappa shape index (κ3) is 3.87. The molecule has 2 aromatic rings. The van der Waals surface area contributed by atoms with Crippen LogP contribution in [-0.4, -0.2) is 29.9 Å². The molecule has 0 spiro atoms. The highest BCUT2D eigenvalue weighted by molar-refractivity contribution is 5.88. The van der Waals surface area contributed by atoms with Gasteiger partial charge in [-0.3, -0.25) is 4.79 Å². The number of anilines is 1. The number of fused-ring (bicyclic) bond motifs is 1. The minimum Gasteiger partial charge on any atom is -0.355 e. The largest absolute Gasteiger partial charge is 0.355 e. The first kappa shape index (κ1) is 17.5. The number of benzene rings is 2. The van der Waals surface area contributed by atoms with Gasteiger partial charge in [0.2, 0.25) is 5.91 Å². The SMILES string of the molecule is CCCN(CCC)C(=O)C1Cc2ccccc2N1Cc1ccccc1. The molecule has 0 radical (unpaired) electrons. The molecule has 1 unspecified atom stereocenters. The standard InChI is InChI=1S/C22H28N2O/c1-3-14-23(15-4-2)22(25)21-16-19-12-8-9-13-20(19)24(21)17-18-10-6-5-7-11-18/h5-13,21H,3-4,14-17H2,1-2H3. The Hall–Kier alpha value is -2.29. The molecule has 1 amide bonds. The van der Waals surface area contributed by atoms with Crippen LogP contribution < -0.4 is 4.90 Å². The molecule has 3 rings (SSSR count). The number of carbonyl (C=O) groups excluding carboxylic acids is 1. The summed E-state index contributed by atoms with van der Waals surface area (Å²) in [6.45, 7) is 6.75. The Morgan fingerprint density at radius 2 is 1.64 bits per heavy atom. The fourth-order valence-electron chi connectivity index (χ4n) is 3.73. The zero-order chi connectivity index (χ0) is 17.6. The van der Waals surface area contributed by atoms with E-state index in [1.165, 1.54) is 16.8 Å². The zero-order valence-corrected chi connectivity index (χ0v) is 15.3. The molecule has 1 aliphatic rings. The highest BCUT2D eigenvalue weighted by Gasteiger charge is 2.36. The van der Waals surface area contributed by atoms with Crippen molar-refractivity contribution in [1.82, 2.24) is 4.90 Å². The van der Waals surface area contributed by atoms with Crippen molar-refractivity contribution in [3.05, 3.63) is 65.7 Å². The summed E-state index contributed by atoms with van der Waals surface area (Å²) < 4.78 is 0. The first-order chi connectivity index (χ1) is 12.2. The predicted molar refractivity (Wildman–Crippen MR) is 104 cm³/mol. The van der Waals surface area contributed by atoms with Crippen molar-refractivity contribution in [1.29, 1.82) is 0 Å². The Morgan fingerprint density at radius 1 is 1.00 bits per heavy atom. The van der Waals surface area contributed by atoms with E-state index in [0.717, 1.165) is 38.9 Å². The van der Waals surface area contributed by atoms with Crippen molar-refractivity contribution in [2.24, 2.45) is 0 Å². The molecule has 0 bridgehead atoms. The van der Waals surface area contributed by atoms with Gasteiger partial charge in [-0.2, -0.15) is 0 Å². The Kier molecular flexibility index (Phi) is 5.75. The van der Waals surface area contributed by atoms with E-state index in [0.29, 0.717) is 0 Å². The van der Waals surface area contributed by atoms with Crippen LogP contribution in [0.5, 0.6) is 0 Å². The molecule has 1 heterocycles. The monoisotopic (exact) mass is 336 g/mol. The molecule has 3 nitrogen and oxygen atoms in total. The highest BCUT2D eigenvalue weighted by atomic mass is 16.2. The lowest BCUT2D eigenvalue weighted by Gasteiger charge is -2.32. The van der Waals surface area contributed by atoms with Gasteiger partial charge in [0.1, 0.15) is 6.04 Å². The maximum absolute atomic E-state index is 13.3. The van der Waals surface area contributed by atoms with Crippen molar-refractivity contribution in [3.8, 4) is 0 Å². The number of hydrogen-bond donors (Lipinski definition) is 0. The number of carbonyl (C=O) groups is 1. The van der Waals surface area contributed by atoms with Crippen LogP contribution in [-0.2, 0) is 17.8 Å². The van der Waals surface area contributed by atoms with Gasteiger partial charge in [0.15, 0.2) is 0 Å². The molecule has 0 saturated heterocycles. The minimum absolute atomic E-state index is 0.0873. The van der Waals surface area contributed by atoms with Crippen LogP contribution in [0.2, 0.25) is 0 Å². The van der Waals surface area contributed by atoms with Crippen LogP contribution in [0, 0.1) is 0 Å². The van der Waals surface area contributed by atoms with Crippen LogP contribution in [0.4, 0.5) is 5.69 Å². The number of para-hydroxylation sites is 1. The quantitative estimate of drug-likeness (QED) is 0.754. The summed E-state index contributed by atoms with van der Waals surface area (Å²) in [6, 6.07) is 18.8. The molecule has 3 heteroatoms. The summed E-state index contributed by atoms with van der Waals surface area (Å²) in [6.07, 6.45) is 2.82. The molecule has 2 aromatic carbocycles. The zero-order valence-electron chi connectivity index (χ0n) is 15.3. The van der Waals surface area contributed by atoms with E-state index in [2.05, 4.69) is 72.2 Å². The molecular weight excluding hydrogens is 308 g/mol. The van der Waals surface area contributed by atoms with E-state index in [4.69, 9.17) is 0 Å². The van der Waals surface area contributed by atoms with E-state index in [1.54, 1.807) is 0 Å². The Bertz CT molecular complexity index is 692. The molecule has 0 aliphatic carbocycles. The molecule has 0 fully saturated rings. The molecular formula is C22H28N2O. The molecule has 0 aromatic heterocycles. The molecule has 25 heavy (non-hydrogen) atoms. The third-order valence-electron chi connectivity index (χ3n) is 4.87. The predicted octanol–water partition coefficient (Wildman–Crippen LogP) is 4.27. The van der Waals surface area contributed by atoms with Crippen molar-refractivity contribution >= 4 is 11.6 Å².